The van der Waals surface area contributed by atoms with Gasteiger partial charge in [0.15, 0.2) is 0 Å². The maximum absolute atomic E-state index is 14.2. The average Bonchev–Trinajstić information content (AvgIpc) is 2.73. The molecule has 0 radical (unpaired) electrons. The smallest absolute Gasteiger partial charge is 0.205 e. The first-order valence-electron chi connectivity index (χ1n) is 8.89. The summed E-state index contributed by atoms with van der Waals surface area (Å²) in [7, 11) is -2.97. The number of rotatable bonds is 7. The average molecular weight is 361 g/mol. The standard InChI is InChI=1S/C23H24NOP/c1-2-3-19-23(20-13-7-4-8-14-20)24-26(25,21-15-9-5-10-16-21)22-17-11-6-12-18-22/h2-18,23H,19H2,1H3,(H,24,25)/t23-/m1/s1. The summed E-state index contributed by atoms with van der Waals surface area (Å²) < 4.78 is 14.2. The Balaban J connectivity index is 2.05. The highest BCUT2D eigenvalue weighted by molar-refractivity contribution is 7.76. The fourth-order valence-electron chi connectivity index (χ4n) is 3.01. The Bertz CT molecular complexity index is 832. The van der Waals surface area contributed by atoms with Gasteiger partial charge in [-0.2, -0.15) is 0 Å². The van der Waals surface area contributed by atoms with Crippen molar-refractivity contribution in [2.75, 3.05) is 0 Å². The summed E-state index contributed by atoms with van der Waals surface area (Å²) >= 11 is 0. The zero-order chi connectivity index (χ0) is 18.2. The van der Waals surface area contributed by atoms with Gasteiger partial charge in [0.25, 0.3) is 0 Å². The maximum atomic E-state index is 14.2. The molecule has 0 saturated carbocycles. The van der Waals surface area contributed by atoms with Gasteiger partial charge in [0, 0.05) is 16.7 Å². The van der Waals surface area contributed by atoms with E-state index in [0.29, 0.717) is 0 Å². The Morgan fingerprint density at radius 3 is 1.73 bits per heavy atom. The van der Waals surface area contributed by atoms with Crippen LogP contribution >= 0.6 is 7.29 Å². The Labute approximate surface area is 156 Å². The van der Waals surface area contributed by atoms with Crippen LogP contribution in [0, 0.1) is 0 Å². The predicted octanol–water partition coefficient (Wildman–Crippen LogP) is 5.21. The Kier molecular flexibility index (Phi) is 6.22. The van der Waals surface area contributed by atoms with E-state index in [-0.39, 0.29) is 6.04 Å². The molecule has 2 nitrogen and oxygen atoms in total. The van der Waals surface area contributed by atoms with Crippen molar-refractivity contribution in [3.63, 3.8) is 0 Å². The number of nitrogens with one attached hydrogen (secondary N) is 1. The highest BCUT2D eigenvalue weighted by atomic mass is 31.2. The highest BCUT2D eigenvalue weighted by Gasteiger charge is 2.30. The molecule has 0 aliphatic carbocycles. The molecule has 0 aliphatic heterocycles. The van der Waals surface area contributed by atoms with E-state index in [9.17, 15) is 4.57 Å². The molecule has 0 unspecified atom stereocenters. The minimum atomic E-state index is -2.97. The lowest BCUT2D eigenvalue weighted by atomic mass is 10.0. The van der Waals surface area contributed by atoms with Gasteiger partial charge in [-0.05, 0) is 43.2 Å². The molecule has 0 aromatic heterocycles. The lowest BCUT2D eigenvalue weighted by molar-refractivity contribution is 0.561. The van der Waals surface area contributed by atoms with Crippen LogP contribution in [0.1, 0.15) is 24.9 Å². The summed E-state index contributed by atoms with van der Waals surface area (Å²) in [6, 6.07) is 29.6. The highest BCUT2D eigenvalue weighted by Crippen LogP contribution is 2.42. The van der Waals surface area contributed by atoms with Gasteiger partial charge in [-0.1, -0.05) is 78.9 Å². The van der Waals surface area contributed by atoms with Crippen molar-refractivity contribution >= 4 is 17.9 Å². The molecule has 0 saturated heterocycles. The van der Waals surface area contributed by atoms with Gasteiger partial charge in [0.2, 0.25) is 7.29 Å². The van der Waals surface area contributed by atoms with Crippen LogP contribution in [0.4, 0.5) is 0 Å². The Morgan fingerprint density at radius 1 is 0.808 bits per heavy atom. The second kappa shape index (κ2) is 8.80. The normalized spacial score (nSPS) is 13.0. The second-order valence-corrected chi connectivity index (χ2v) is 8.69. The van der Waals surface area contributed by atoms with Gasteiger partial charge in [-0.25, -0.2) is 0 Å². The molecular formula is C23H24NOP. The van der Waals surface area contributed by atoms with E-state index < -0.39 is 7.29 Å². The third-order valence-corrected chi connectivity index (χ3v) is 7.11. The van der Waals surface area contributed by atoms with E-state index in [1.807, 2.05) is 91.9 Å². The number of allylic oxidation sites excluding steroid dienone is 1. The largest absolute Gasteiger partial charge is 0.297 e. The van der Waals surface area contributed by atoms with Gasteiger partial charge in [-0.15, -0.1) is 0 Å². The fourth-order valence-corrected chi connectivity index (χ4v) is 5.49. The van der Waals surface area contributed by atoms with Crippen molar-refractivity contribution in [1.29, 1.82) is 0 Å². The van der Waals surface area contributed by atoms with E-state index in [1.54, 1.807) is 0 Å². The van der Waals surface area contributed by atoms with Crippen molar-refractivity contribution in [2.24, 2.45) is 0 Å². The first-order chi connectivity index (χ1) is 12.7. The Morgan fingerprint density at radius 2 is 1.27 bits per heavy atom. The lowest BCUT2D eigenvalue weighted by Crippen LogP contribution is -2.30. The van der Waals surface area contributed by atoms with Crippen molar-refractivity contribution in [3.05, 3.63) is 109 Å². The molecule has 26 heavy (non-hydrogen) atoms. The van der Waals surface area contributed by atoms with Crippen LogP contribution in [0.5, 0.6) is 0 Å². The molecule has 3 aromatic carbocycles. The summed E-state index contributed by atoms with van der Waals surface area (Å²) in [5.41, 5.74) is 1.14. The minimum Gasteiger partial charge on any atom is -0.297 e. The molecule has 3 heteroatoms. The first-order valence-corrected chi connectivity index (χ1v) is 10.6. The van der Waals surface area contributed by atoms with Crippen LogP contribution in [0.25, 0.3) is 0 Å². The summed E-state index contributed by atoms with van der Waals surface area (Å²) in [4.78, 5) is 0. The molecule has 1 atom stereocenters. The van der Waals surface area contributed by atoms with Gasteiger partial charge in [0.1, 0.15) is 0 Å². The zero-order valence-corrected chi connectivity index (χ0v) is 15.8. The third-order valence-electron chi connectivity index (χ3n) is 4.39. The molecule has 1 N–H and O–H groups in total. The van der Waals surface area contributed by atoms with Gasteiger partial charge < -0.3 is 0 Å². The van der Waals surface area contributed by atoms with Crippen LogP contribution in [0.3, 0.4) is 0 Å². The number of benzene rings is 3. The summed E-state index contributed by atoms with van der Waals surface area (Å²) in [5, 5.41) is 5.17. The number of hydrogen-bond acceptors (Lipinski definition) is 1. The van der Waals surface area contributed by atoms with Crippen LogP contribution in [-0.4, -0.2) is 0 Å². The van der Waals surface area contributed by atoms with Crippen molar-refractivity contribution in [2.45, 2.75) is 19.4 Å². The molecule has 0 aliphatic rings. The van der Waals surface area contributed by atoms with E-state index in [0.717, 1.165) is 22.6 Å². The van der Waals surface area contributed by atoms with Crippen LogP contribution in [0.15, 0.2) is 103 Å². The van der Waals surface area contributed by atoms with Gasteiger partial charge >= 0.3 is 0 Å². The van der Waals surface area contributed by atoms with E-state index in [4.69, 9.17) is 0 Å². The summed E-state index contributed by atoms with van der Waals surface area (Å²) in [6.45, 7) is 2.01. The van der Waals surface area contributed by atoms with Crippen molar-refractivity contribution < 1.29 is 4.57 Å². The molecular weight excluding hydrogens is 337 g/mol. The van der Waals surface area contributed by atoms with Crippen LogP contribution < -0.4 is 15.7 Å². The first kappa shape index (κ1) is 18.4. The molecule has 132 valence electrons. The fraction of sp³-hybridized carbons (Fsp3) is 0.130. The van der Waals surface area contributed by atoms with Crippen molar-refractivity contribution in [1.82, 2.24) is 5.09 Å². The monoisotopic (exact) mass is 361 g/mol. The molecule has 3 aromatic rings. The molecule has 0 bridgehead atoms. The van der Waals surface area contributed by atoms with Gasteiger partial charge in [0.05, 0.1) is 0 Å². The quantitative estimate of drug-likeness (QED) is 0.462. The van der Waals surface area contributed by atoms with Crippen molar-refractivity contribution in [3.8, 4) is 0 Å². The summed E-state index contributed by atoms with van der Waals surface area (Å²) in [5.74, 6) is 0. The number of hydrogen-bond donors (Lipinski definition) is 1. The SMILES string of the molecule is CC=CC[C@@H](NP(=O)(c1ccccc1)c1ccccc1)c1ccccc1. The lowest BCUT2D eigenvalue weighted by Gasteiger charge is -2.27. The van der Waals surface area contributed by atoms with E-state index >= 15 is 0 Å². The van der Waals surface area contributed by atoms with E-state index in [1.165, 1.54) is 0 Å². The van der Waals surface area contributed by atoms with Gasteiger partial charge in [-0.3, -0.25) is 9.65 Å². The zero-order valence-electron chi connectivity index (χ0n) is 15.0. The van der Waals surface area contributed by atoms with E-state index in [2.05, 4.69) is 23.3 Å². The third kappa shape index (κ3) is 4.22. The molecule has 0 heterocycles. The second-order valence-electron chi connectivity index (χ2n) is 6.18. The topological polar surface area (TPSA) is 29.1 Å². The Hall–Kier alpha value is -2.41. The molecule has 0 fully saturated rings. The predicted molar refractivity (Wildman–Crippen MR) is 112 cm³/mol. The minimum absolute atomic E-state index is 0.0290. The van der Waals surface area contributed by atoms with Crippen LogP contribution in [0.2, 0.25) is 0 Å². The molecule has 0 spiro atoms. The molecule has 3 rings (SSSR count). The maximum Gasteiger partial charge on any atom is 0.205 e. The summed E-state index contributed by atoms with van der Waals surface area (Å²) in [6.07, 6.45) is 4.93. The van der Waals surface area contributed by atoms with Crippen LogP contribution in [-0.2, 0) is 4.57 Å². The molecule has 0 amide bonds.